The predicted octanol–water partition coefficient (Wildman–Crippen LogP) is 2.83. The highest BCUT2D eigenvalue weighted by Gasteiger charge is 2.11. The molecule has 3 heteroatoms. The second-order valence-electron chi connectivity index (χ2n) is 4.44. The van der Waals surface area contributed by atoms with E-state index in [1.807, 2.05) is 24.5 Å². The van der Waals surface area contributed by atoms with E-state index in [9.17, 15) is 0 Å². The van der Waals surface area contributed by atoms with E-state index < -0.39 is 8.80 Å². The fourth-order valence-electron chi connectivity index (χ4n) is 1.86. The molecule has 91 valence electrons. The van der Waals surface area contributed by atoms with E-state index in [2.05, 4.69) is 47.8 Å². The van der Waals surface area contributed by atoms with Crippen LogP contribution >= 0.6 is 0 Å². The monoisotopic (exact) mass is 253 g/mol. The molecule has 0 N–H and O–H groups in total. The van der Waals surface area contributed by atoms with Crippen molar-refractivity contribution >= 4 is 14.0 Å². The van der Waals surface area contributed by atoms with E-state index in [0.29, 0.717) is 0 Å². The Hall–Kier alpha value is -1.74. The van der Waals surface area contributed by atoms with Gasteiger partial charge in [-0.1, -0.05) is 31.3 Å². The molecule has 0 aliphatic carbocycles. The largest absolute Gasteiger partial charge is 0.255 e. The molecule has 2 aromatic rings. The van der Waals surface area contributed by atoms with Gasteiger partial charge in [-0.15, -0.1) is 6.58 Å². The van der Waals surface area contributed by atoms with Gasteiger partial charge in [-0.25, -0.2) is 0 Å². The molecule has 0 amide bonds. The van der Waals surface area contributed by atoms with Crippen molar-refractivity contribution in [2.24, 2.45) is 0 Å². The molecule has 0 saturated heterocycles. The lowest BCUT2D eigenvalue weighted by Crippen LogP contribution is -2.25. The highest BCUT2D eigenvalue weighted by atomic mass is 28.3. The second-order valence-corrected chi connectivity index (χ2v) is 6.98. The smallest absolute Gasteiger partial charge is 0.0885 e. The van der Waals surface area contributed by atoms with E-state index >= 15 is 0 Å². The number of hydrogen-bond acceptors (Lipinski definition) is 2. The molecule has 0 saturated carbocycles. The first-order chi connectivity index (χ1) is 8.72. The van der Waals surface area contributed by atoms with Crippen molar-refractivity contribution in [2.75, 3.05) is 0 Å². The van der Waals surface area contributed by atoms with Crippen molar-refractivity contribution < 1.29 is 0 Å². The van der Waals surface area contributed by atoms with Crippen molar-refractivity contribution in [3.63, 3.8) is 0 Å². The molecule has 0 atom stereocenters. The van der Waals surface area contributed by atoms with Crippen LogP contribution in [-0.4, -0.2) is 18.8 Å². The van der Waals surface area contributed by atoms with E-state index in [0.717, 1.165) is 17.8 Å². The Kier molecular flexibility index (Phi) is 4.05. The number of aromatic nitrogens is 2. The topological polar surface area (TPSA) is 25.8 Å². The van der Waals surface area contributed by atoms with Crippen LogP contribution in [0.15, 0.2) is 49.3 Å². The van der Waals surface area contributed by atoms with Gasteiger partial charge in [0.15, 0.2) is 0 Å². The van der Waals surface area contributed by atoms with Gasteiger partial charge in [0.2, 0.25) is 0 Å². The number of allylic oxidation sites excluding steroid dienone is 1. The maximum absolute atomic E-state index is 4.52. The third kappa shape index (κ3) is 2.74. The van der Waals surface area contributed by atoms with Gasteiger partial charge in [0.25, 0.3) is 0 Å². The molecule has 1 radical (unpaired) electrons. The third-order valence-corrected chi connectivity index (χ3v) is 4.27. The maximum atomic E-state index is 4.52. The fraction of sp³-hybridized carbons (Fsp3) is 0.200. The number of rotatable bonds is 4. The SMILES string of the molecule is C=CCc1ccc(-c2ncccc2[Si](C)C)nc1. The zero-order valence-corrected chi connectivity index (χ0v) is 11.9. The van der Waals surface area contributed by atoms with Crippen LogP contribution in [0.4, 0.5) is 0 Å². The Morgan fingerprint density at radius 1 is 1.22 bits per heavy atom. The zero-order chi connectivity index (χ0) is 13.0. The Morgan fingerprint density at radius 2 is 2.06 bits per heavy atom. The van der Waals surface area contributed by atoms with Crippen LogP contribution in [0.3, 0.4) is 0 Å². The average Bonchev–Trinajstić information content (AvgIpc) is 2.40. The van der Waals surface area contributed by atoms with E-state index in [-0.39, 0.29) is 0 Å². The molecular weight excluding hydrogens is 236 g/mol. The van der Waals surface area contributed by atoms with Gasteiger partial charge >= 0.3 is 0 Å². The zero-order valence-electron chi connectivity index (χ0n) is 10.9. The van der Waals surface area contributed by atoms with Crippen LogP contribution in [0.1, 0.15) is 5.56 Å². The number of hydrogen-bond donors (Lipinski definition) is 0. The van der Waals surface area contributed by atoms with Crippen molar-refractivity contribution in [2.45, 2.75) is 19.5 Å². The van der Waals surface area contributed by atoms with E-state index in [1.165, 1.54) is 10.8 Å². The molecular formula is C15H17N2Si. The Morgan fingerprint density at radius 3 is 2.67 bits per heavy atom. The minimum Gasteiger partial charge on any atom is -0.255 e. The Balaban J connectivity index is 2.39. The molecule has 0 fully saturated rings. The van der Waals surface area contributed by atoms with Gasteiger partial charge in [0.05, 0.1) is 20.2 Å². The first-order valence-electron chi connectivity index (χ1n) is 6.04. The van der Waals surface area contributed by atoms with Crippen LogP contribution in [0, 0.1) is 0 Å². The molecule has 2 aromatic heterocycles. The van der Waals surface area contributed by atoms with E-state index in [4.69, 9.17) is 0 Å². The first-order valence-corrected chi connectivity index (χ1v) is 8.54. The van der Waals surface area contributed by atoms with Crippen LogP contribution < -0.4 is 5.19 Å². The van der Waals surface area contributed by atoms with Gasteiger partial charge < -0.3 is 0 Å². The van der Waals surface area contributed by atoms with Gasteiger partial charge in [0, 0.05) is 12.4 Å². The van der Waals surface area contributed by atoms with Crippen molar-refractivity contribution in [3.05, 3.63) is 54.9 Å². The predicted molar refractivity (Wildman–Crippen MR) is 78.5 cm³/mol. The molecule has 0 aliphatic heterocycles. The molecule has 0 spiro atoms. The van der Waals surface area contributed by atoms with Crippen LogP contribution in [0.2, 0.25) is 13.1 Å². The molecule has 0 aliphatic rings. The molecule has 2 nitrogen and oxygen atoms in total. The molecule has 0 bridgehead atoms. The quantitative estimate of drug-likeness (QED) is 0.618. The number of nitrogens with zero attached hydrogens (tertiary/aromatic N) is 2. The first kappa shape index (κ1) is 12.7. The standard InChI is InChI=1S/C15H17N2Si/c1-4-6-12-8-9-13(17-11-12)15-14(18(2)3)7-5-10-16-15/h4-5,7-11H,1,6H2,2-3H3. The van der Waals surface area contributed by atoms with Crippen LogP contribution in [0.5, 0.6) is 0 Å². The van der Waals surface area contributed by atoms with Crippen molar-refractivity contribution in [3.8, 4) is 11.4 Å². The highest BCUT2D eigenvalue weighted by molar-refractivity contribution is 6.72. The summed E-state index contributed by atoms with van der Waals surface area (Å²) in [7, 11) is -0.528. The summed E-state index contributed by atoms with van der Waals surface area (Å²) < 4.78 is 0. The van der Waals surface area contributed by atoms with Crippen LogP contribution in [-0.2, 0) is 6.42 Å². The summed E-state index contributed by atoms with van der Waals surface area (Å²) in [6.07, 6.45) is 6.50. The second kappa shape index (κ2) is 5.73. The molecule has 0 unspecified atom stereocenters. The molecule has 0 aromatic carbocycles. The summed E-state index contributed by atoms with van der Waals surface area (Å²) >= 11 is 0. The Bertz CT molecular complexity index is 532. The molecule has 2 heterocycles. The molecule has 18 heavy (non-hydrogen) atoms. The van der Waals surface area contributed by atoms with Crippen molar-refractivity contribution in [1.29, 1.82) is 0 Å². The Labute approximate surface area is 110 Å². The minimum atomic E-state index is -0.528. The van der Waals surface area contributed by atoms with Gasteiger partial charge in [-0.3, -0.25) is 9.97 Å². The van der Waals surface area contributed by atoms with Crippen LogP contribution in [0.25, 0.3) is 11.4 Å². The summed E-state index contributed by atoms with van der Waals surface area (Å²) in [4.78, 5) is 9.01. The minimum absolute atomic E-state index is 0.528. The lowest BCUT2D eigenvalue weighted by atomic mass is 10.1. The lowest BCUT2D eigenvalue weighted by molar-refractivity contribution is 1.18. The summed E-state index contributed by atoms with van der Waals surface area (Å²) in [5.74, 6) is 0. The van der Waals surface area contributed by atoms with Gasteiger partial charge in [-0.2, -0.15) is 0 Å². The fourth-order valence-corrected chi connectivity index (χ4v) is 2.96. The number of pyridine rings is 2. The summed E-state index contributed by atoms with van der Waals surface area (Å²) in [5.41, 5.74) is 3.18. The lowest BCUT2D eigenvalue weighted by Gasteiger charge is -2.10. The third-order valence-electron chi connectivity index (χ3n) is 2.79. The summed E-state index contributed by atoms with van der Waals surface area (Å²) in [6.45, 7) is 8.29. The molecule has 2 rings (SSSR count). The summed E-state index contributed by atoms with van der Waals surface area (Å²) in [6, 6.07) is 8.31. The summed E-state index contributed by atoms with van der Waals surface area (Å²) in [5, 5.41) is 1.34. The normalized spacial score (nSPS) is 10.6. The van der Waals surface area contributed by atoms with E-state index in [1.54, 1.807) is 0 Å². The van der Waals surface area contributed by atoms with Gasteiger partial charge in [-0.05, 0) is 29.3 Å². The average molecular weight is 253 g/mol. The van der Waals surface area contributed by atoms with Gasteiger partial charge in [0.1, 0.15) is 0 Å². The highest BCUT2D eigenvalue weighted by Crippen LogP contribution is 2.13. The van der Waals surface area contributed by atoms with Crippen molar-refractivity contribution in [1.82, 2.24) is 9.97 Å². The maximum Gasteiger partial charge on any atom is 0.0885 e.